The van der Waals surface area contributed by atoms with Crippen LogP contribution in [-0.2, 0) is 17.6 Å². The van der Waals surface area contributed by atoms with Gasteiger partial charge < -0.3 is 10.2 Å². The molecule has 5 rings (SSSR count). The Morgan fingerprint density at radius 1 is 1.14 bits per heavy atom. The molecule has 1 aliphatic heterocycles. The Morgan fingerprint density at radius 2 is 1.94 bits per heavy atom. The fourth-order valence-electron chi connectivity index (χ4n) is 4.28. The molecule has 0 saturated heterocycles. The van der Waals surface area contributed by atoms with Crippen LogP contribution in [0.5, 0.6) is 0 Å². The van der Waals surface area contributed by atoms with E-state index in [1.54, 1.807) is 65.7 Å². The van der Waals surface area contributed by atoms with Gasteiger partial charge in [0.2, 0.25) is 11.9 Å². The predicted octanol–water partition coefficient (Wildman–Crippen LogP) is 4.84. The summed E-state index contributed by atoms with van der Waals surface area (Å²) in [5.41, 5.74) is 4.77. The lowest BCUT2D eigenvalue weighted by atomic mass is 10.0. The first-order valence-electron chi connectivity index (χ1n) is 11.3. The summed E-state index contributed by atoms with van der Waals surface area (Å²) >= 11 is 0. The number of nitrogens with zero attached hydrogens (tertiary/aromatic N) is 4. The number of fused-ring (bicyclic) bond motifs is 1. The van der Waals surface area contributed by atoms with Crippen LogP contribution in [0.15, 0.2) is 72.9 Å². The number of hydrogen-bond acceptors (Lipinski definition) is 6. The van der Waals surface area contributed by atoms with Crippen LogP contribution in [0.3, 0.4) is 0 Å². The van der Waals surface area contributed by atoms with Gasteiger partial charge in [-0.05, 0) is 66.1 Å². The lowest BCUT2D eigenvalue weighted by molar-refractivity contribution is -0.117. The van der Waals surface area contributed by atoms with Gasteiger partial charge in [0.1, 0.15) is 18.2 Å². The molecule has 4 aromatic rings. The van der Waals surface area contributed by atoms with Gasteiger partial charge in [-0.25, -0.2) is 14.4 Å². The Morgan fingerprint density at radius 3 is 2.69 bits per heavy atom. The van der Waals surface area contributed by atoms with Gasteiger partial charge >= 0.3 is 0 Å². The van der Waals surface area contributed by atoms with Crippen molar-refractivity contribution in [3.05, 3.63) is 101 Å². The van der Waals surface area contributed by atoms with Crippen molar-refractivity contribution in [2.45, 2.75) is 12.8 Å². The minimum absolute atomic E-state index is 0.0759. The van der Waals surface area contributed by atoms with E-state index in [2.05, 4.69) is 21.4 Å². The smallest absolute Gasteiger partial charge is 0.231 e. The molecule has 176 valence electrons. The maximum Gasteiger partial charge on any atom is 0.231 e. The van der Waals surface area contributed by atoms with Crippen LogP contribution >= 0.6 is 0 Å². The summed E-state index contributed by atoms with van der Waals surface area (Å²) < 4.78 is 14.1. The third-order valence-corrected chi connectivity index (χ3v) is 6.04. The molecule has 0 unspecified atom stereocenters. The summed E-state index contributed by atoms with van der Waals surface area (Å²) in [7, 11) is 0. The monoisotopic (exact) mass is 477 g/mol. The van der Waals surface area contributed by atoms with E-state index in [1.165, 1.54) is 6.07 Å². The highest BCUT2D eigenvalue weighted by Gasteiger charge is 2.29. The van der Waals surface area contributed by atoms with Crippen LogP contribution in [0.25, 0.3) is 11.3 Å². The first-order valence-corrected chi connectivity index (χ1v) is 11.3. The fourth-order valence-corrected chi connectivity index (χ4v) is 4.28. The second-order valence-corrected chi connectivity index (χ2v) is 8.34. The molecule has 0 bridgehead atoms. The van der Waals surface area contributed by atoms with E-state index < -0.39 is 5.82 Å². The average Bonchev–Trinajstić information content (AvgIpc) is 3.34. The van der Waals surface area contributed by atoms with Crippen molar-refractivity contribution in [1.29, 1.82) is 5.26 Å². The van der Waals surface area contributed by atoms with E-state index in [0.29, 0.717) is 47.0 Å². The highest BCUT2D eigenvalue weighted by Crippen LogP contribution is 2.36. The van der Waals surface area contributed by atoms with Gasteiger partial charge in [-0.1, -0.05) is 18.2 Å². The average molecular weight is 477 g/mol. The standard InChI is InChI=1S/C28H20FN5O2/c29-24-4-2-1-3-19(24)15-26(36)34-12-10-20-13-21(14-22(16-30)27(20)34)25-9-11-31-28(33-25)32-23-7-5-18(17-35)6-8-23/h1-9,11,13-14,17H,10,12,15H2,(H,31,32,33). The first kappa shape index (κ1) is 22.9. The van der Waals surface area contributed by atoms with Crippen molar-refractivity contribution in [3.63, 3.8) is 0 Å². The zero-order chi connectivity index (χ0) is 25.1. The molecule has 3 aromatic carbocycles. The molecular formula is C28H20FN5O2. The molecule has 7 nitrogen and oxygen atoms in total. The van der Waals surface area contributed by atoms with Crippen LogP contribution in [0.2, 0.25) is 0 Å². The molecule has 36 heavy (non-hydrogen) atoms. The number of halogens is 1. The van der Waals surface area contributed by atoms with Crippen molar-refractivity contribution in [2.24, 2.45) is 0 Å². The Bertz CT molecular complexity index is 1510. The van der Waals surface area contributed by atoms with Crippen LogP contribution in [-0.4, -0.2) is 28.7 Å². The first-order chi connectivity index (χ1) is 17.6. The number of anilines is 3. The van der Waals surface area contributed by atoms with Crippen molar-refractivity contribution < 1.29 is 14.0 Å². The normalized spacial score (nSPS) is 12.1. The van der Waals surface area contributed by atoms with Gasteiger partial charge in [-0.2, -0.15) is 5.26 Å². The molecule has 1 aromatic heterocycles. The summed E-state index contributed by atoms with van der Waals surface area (Å²) in [5, 5.41) is 13.0. The van der Waals surface area contributed by atoms with Crippen LogP contribution in [0.4, 0.5) is 21.7 Å². The highest BCUT2D eigenvalue weighted by atomic mass is 19.1. The summed E-state index contributed by atoms with van der Waals surface area (Å²) in [6.07, 6.45) is 2.90. The number of aldehydes is 1. The molecule has 0 fully saturated rings. The molecule has 2 heterocycles. The number of nitrogens with one attached hydrogen (secondary N) is 1. The van der Waals surface area contributed by atoms with Crippen molar-refractivity contribution in [1.82, 2.24) is 9.97 Å². The van der Waals surface area contributed by atoms with Crippen molar-refractivity contribution in [3.8, 4) is 17.3 Å². The van der Waals surface area contributed by atoms with E-state index in [4.69, 9.17) is 0 Å². The lowest BCUT2D eigenvalue weighted by Crippen LogP contribution is -2.31. The predicted molar refractivity (Wildman–Crippen MR) is 133 cm³/mol. The van der Waals surface area contributed by atoms with Gasteiger partial charge in [-0.3, -0.25) is 9.59 Å². The van der Waals surface area contributed by atoms with Crippen molar-refractivity contribution >= 4 is 29.5 Å². The number of nitriles is 1. The Hall–Kier alpha value is -4.90. The minimum Gasteiger partial charge on any atom is -0.324 e. The molecule has 0 atom stereocenters. The topological polar surface area (TPSA) is 99.0 Å². The van der Waals surface area contributed by atoms with Gasteiger partial charge in [0.25, 0.3) is 0 Å². The lowest BCUT2D eigenvalue weighted by Gasteiger charge is -2.19. The zero-order valence-electron chi connectivity index (χ0n) is 19.1. The maximum absolute atomic E-state index is 14.1. The van der Waals surface area contributed by atoms with E-state index >= 15 is 0 Å². The van der Waals surface area contributed by atoms with Gasteiger partial charge in [0.05, 0.1) is 23.4 Å². The molecular weight excluding hydrogens is 457 g/mol. The molecule has 1 aliphatic rings. The third kappa shape index (κ3) is 4.55. The summed E-state index contributed by atoms with van der Waals surface area (Å²) in [6, 6.07) is 20.7. The van der Waals surface area contributed by atoms with Crippen LogP contribution in [0.1, 0.15) is 27.0 Å². The molecule has 0 saturated carbocycles. The van der Waals surface area contributed by atoms with E-state index in [1.807, 2.05) is 6.07 Å². The van der Waals surface area contributed by atoms with Gasteiger partial charge in [-0.15, -0.1) is 0 Å². The second-order valence-electron chi connectivity index (χ2n) is 8.34. The third-order valence-electron chi connectivity index (χ3n) is 6.04. The highest BCUT2D eigenvalue weighted by molar-refractivity contribution is 5.98. The number of rotatable bonds is 6. The van der Waals surface area contributed by atoms with Crippen LogP contribution in [0, 0.1) is 17.1 Å². The summed E-state index contributed by atoms with van der Waals surface area (Å²) in [5.74, 6) is -0.307. The minimum atomic E-state index is -0.422. The summed E-state index contributed by atoms with van der Waals surface area (Å²) in [4.78, 5) is 34.3. The van der Waals surface area contributed by atoms with Gasteiger partial charge in [0.15, 0.2) is 0 Å². The summed E-state index contributed by atoms with van der Waals surface area (Å²) in [6.45, 7) is 0.425. The Kier molecular flexibility index (Phi) is 6.20. The fraction of sp³-hybridized carbons (Fsp3) is 0.107. The number of aromatic nitrogens is 2. The number of hydrogen-bond donors (Lipinski definition) is 1. The molecule has 0 radical (unpaired) electrons. The molecule has 0 aliphatic carbocycles. The van der Waals surface area contributed by atoms with E-state index in [9.17, 15) is 19.2 Å². The molecule has 1 amide bonds. The number of benzene rings is 3. The second kappa shape index (κ2) is 9.76. The zero-order valence-corrected chi connectivity index (χ0v) is 19.1. The Balaban J connectivity index is 1.41. The largest absolute Gasteiger partial charge is 0.324 e. The molecule has 8 heteroatoms. The Labute approximate surface area is 206 Å². The van der Waals surface area contributed by atoms with Crippen molar-refractivity contribution in [2.75, 3.05) is 16.8 Å². The quantitative estimate of drug-likeness (QED) is 0.399. The SMILES string of the molecule is N#Cc1cc(-c2ccnc(Nc3ccc(C=O)cc3)n2)cc2c1N(C(=O)Cc1ccccc1F)CC2. The van der Waals surface area contributed by atoms with E-state index in [-0.39, 0.29) is 12.3 Å². The van der Waals surface area contributed by atoms with Crippen LogP contribution < -0.4 is 10.2 Å². The van der Waals surface area contributed by atoms with Gasteiger partial charge in [0, 0.05) is 29.6 Å². The van der Waals surface area contributed by atoms with E-state index in [0.717, 1.165) is 23.1 Å². The molecule has 1 N–H and O–H groups in total. The molecule has 0 spiro atoms. The number of amides is 1. The number of carbonyl (C=O) groups excluding carboxylic acids is 2. The number of carbonyl (C=O) groups is 2. The maximum atomic E-state index is 14.1.